The van der Waals surface area contributed by atoms with Crippen LogP contribution in [0.4, 0.5) is 0 Å². The van der Waals surface area contributed by atoms with E-state index in [4.69, 9.17) is 14.6 Å². The van der Waals surface area contributed by atoms with Crippen molar-refractivity contribution in [3.05, 3.63) is 0 Å². The van der Waals surface area contributed by atoms with Gasteiger partial charge >= 0.3 is 11.9 Å². The van der Waals surface area contributed by atoms with Gasteiger partial charge in [-0.25, -0.2) is 4.79 Å². The molecule has 1 aliphatic rings. The van der Waals surface area contributed by atoms with Gasteiger partial charge in [0.05, 0.1) is 6.10 Å². The Labute approximate surface area is 100 Å². The van der Waals surface area contributed by atoms with E-state index in [1.165, 1.54) is 0 Å². The summed E-state index contributed by atoms with van der Waals surface area (Å²) in [4.78, 5) is 22.0. The van der Waals surface area contributed by atoms with Gasteiger partial charge in [0.25, 0.3) is 0 Å². The average molecular weight is 245 g/mol. The number of esters is 1. The van der Waals surface area contributed by atoms with Gasteiger partial charge in [-0.15, -0.1) is 0 Å². The summed E-state index contributed by atoms with van der Waals surface area (Å²) in [6, 6.07) is -0.585. The second kappa shape index (κ2) is 5.46. The fraction of sp³-hybridized carbons (Fsp3) is 0.818. The number of hydrogen-bond donors (Lipinski definition) is 2. The molecular weight excluding hydrogens is 226 g/mol. The lowest BCUT2D eigenvalue weighted by atomic mass is 10.2. The molecule has 6 nitrogen and oxygen atoms in total. The fourth-order valence-corrected chi connectivity index (χ4v) is 1.58. The Hall–Kier alpha value is -1.14. The Kier molecular flexibility index (Phi) is 4.47. The van der Waals surface area contributed by atoms with Crippen molar-refractivity contribution in [2.75, 3.05) is 13.2 Å². The van der Waals surface area contributed by atoms with Gasteiger partial charge in [-0.3, -0.25) is 4.79 Å². The topological polar surface area (TPSA) is 84.9 Å². The molecule has 0 saturated carbocycles. The second-order valence-corrected chi connectivity index (χ2v) is 5.05. The van der Waals surface area contributed by atoms with E-state index in [9.17, 15) is 9.59 Å². The third kappa shape index (κ3) is 5.14. The lowest BCUT2D eigenvalue weighted by Crippen LogP contribution is -2.30. The largest absolute Gasteiger partial charge is 0.480 e. The molecule has 1 rings (SSSR count). The first-order valence-corrected chi connectivity index (χ1v) is 5.57. The Morgan fingerprint density at radius 1 is 1.41 bits per heavy atom. The van der Waals surface area contributed by atoms with Crippen LogP contribution in [-0.2, 0) is 19.1 Å². The standard InChI is InChI=1S/C11H19NO5/c1-11(2,3)17-9(13)6-16-7-4-8(10(14)15)12-5-7/h7-8,12H,4-6H2,1-3H3,(H,14,15). The number of carbonyl (C=O) groups excluding carboxylic acids is 1. The number of rotatable bonds is 4. The van der Waals surface area contributed by atoms with Crippen LogP contribution in [0.2, 0.25) is 0 Å². The van der Waals surface area contributed by atoms with Crippen LogP contribution in [0.1, 0.15) is 27.2 Å². The number of carboxylic acid groups (broad SMARTS) is 1. The first-order chi connectivity index (χ1) is 7.78. The molecule has 1 aliphatic heterocycles. The van der Waals surface area contributed by atoms with Crippen molar-refractivity contribution in [3.63, 3.8) is 0 Å². The van der Waals surface area contributed by atoms with Crippen LogP contribution >= 0.6 is 0 Å². The number of carbonyl (C=O) groups is 2. The van der Waals surface area contributed by atoms with Gasteiger partial charge in [-0.05, 0) is 20.8 Å². The van der Waals surface area contributed by atoms with E-state index in [2.05, 4.69) is 5.32 Å². The molecule has 1 saturated heterocycles. The van der Waals surface area contributed by atoms with Crippen molar-refractivity contribution < 1.29 is 24.2 Å². The van der Waals surface area contributed by atoms with Crippen molar-refractivity contribution in [2.45, 2.75) is 44.9 Å². The molecular formula is C11H19NO5. The van der Waals surface area contributed by atoms with Crippen LogP contribution in [0.5, 0.6) is 0 Å². The zero-order valence-electron chi connectivity index (χ0n) is 10.4. The summed E-state index contributed by atoms with van der Waals surface area (Å²) >= 11 is 0. The Bertz CT molecular complexity index is 297. The highest BCUT2D eigenvalue weighted by Crippen LogP contribution is 2.12. The average Bonchev–Trinajstić information content (AvgIpc) is 2.60. The molecule has 98 valence electrons. The number of ether oxygens (including phenoxy) is 2. The third-order valence-corrected chi connectivity index (χ3v) is 2.25. The monoisotopic (exact) mass is 245 g/mol. The third-order valence-electron chi connectivity index (χ3n) is 2.25. The molecule has 0 aliphatic carbocycles. The first kappa shape index (κ1) is 13.9. The van der Waals surface area contributed by atoms with E-state index in [1.807, 2.05) is 0 Å². The van der Waals surface area contributed by atoms with Gasteiger partial charge in [-0.2, -0.15) is 0 Å². The van der Waals surface area contributed by atoms with E-state index in [0.717, 1.165) is 0 Å². The van der Waals surface area contributed by atoms with E-state index >= 15 is 0 Å². The highest BCUT2D eigenvalue weighted by atomic mass is 16.6. The Morgan fingerprint density at radius 3 is 2.53 bits per heavy atom. The highest BCUT2D eigenvalue weighted by molar-refractivity contribution is 5.74. The summed E-state index contributed by atoms with van der Waals surface area (Å²) in [5, 5.41) is 11.6. The van der Waals surface area contributed by atoms with E-state index in [-0.39, 0.29) is 12.7 Å². The van der Waals surface area contributed by atoms with E-state index in [1.54, 1.807) is 20.8 Å². The molecule has 0 radical (unpaired) electrons. The molecule has 0 aromatic carbocycles. The predicted octanol–water partition coefficient (Wildman–Crippen LogP) is 0.160. The lowest BCUT2D eigenvalue weighted by molar-refractivity contribution is -0.161. The van der Waals surface area contributed by atoms with Gasteiger partial charge in [0.2, 0.25) is 0 Å². The Morgan fingerprint density at radius 2 is 2.06 bits per heavy atom. The summed E-state index contributed by atoms with van der Waals surface area (Å²) in [7, 11) is 0. The van der Waals surface area contributed by atoms with Crippen LogP contribution in [0.3, 0.4) is 0 Å². The second-order valence-electron chi connectivity index (χ2n) is 5.05. The minimum atomic E-state index is -0.895. The Balaban J connectivity index is 2.24. The number of nitrogens with one attached hydrogen (secondary N) is 1. The minimum absolute atomic E-state index is 0.143. The maximum Gasteiger partial charge on any atom is 0.332 e. The molecule has 1 heterocycles. The van der Waals surface area contributed by atoms with Crippen LogP contribution in [0.15, 0.2) is 0 Å². The number of hydrogen-bond acceptors (Lipinski definition) is 5. The van der Waals surface area contributed by atoms with Crippen molar-refractivity contribution in [3.8, 4) is 0 Å². The summed E-state index contributed by atoms with van der Waals surface area (Å²) in [6.45, 7) is 5.64. The molecule has 0 aromatic rings. The van der Waals surface area contributed by atoms with Crippen molar-refractivity contribution in [1.82, 2.24) is 5.32 Å². The van der Waals surface area contributed by atoms with Gasteiger partial charge < -0.3 is 19.9 Å². The lowest BCUT2D eigenvalue weighted by Gasteiger charge is -2.20. The summed E-state index contributed by atoms with van der Waals surface area (Å²) in [6.07, 6.45) is 0.126. The molecule has 0 aromatic heterocycles. The molecule has 0 bridgehead atoms. The molecule has 2 unspecified atom stereocenters. The van der Waals surface area contributed by atoms with Gasteiger partial charge in [0.1, 0.15) is 18.2 Å². The maximum atomic E-state index is 11.3. The zero-order valence-corrected chi connectivity index (χ0v) is 10.4. The highest BCUT2D eigenvalue weighted by Gasteiger charge is 2.30. The van der Waals surface area contributed by atoms with Crippen molar-refractivity contribution in [2.24, 2.45) is 0 Å². The van der Waals surface area contributed by atoms with Crippen LogP contribution < -0.4 is 5.32 Å². The minimum Gasteiger partial charge on any atom is -0.480 e. The molecule has 0 amide bonds. The van der Waals surface area contributed by atoms with Crippen molar-refractivity contribution >= 4 is 11.9 Å². The first-order valence-electron chi connectivity index (χ1n) is 5.57. The predicted molar refractivity (Wildman–Crippen MR) is 59.6 cm³/mol. The van der Waals surface area contributed by atoms with Crippen LogP contribution in [-0.4, -0.2) is 47.9 Å². The summed E-state index contributed by atoms with van der Waals surface area (Å²) in [5.41, 5.74) is -0.530. The molecule has 0 spiro atoms. The normalized spacial score (nSPS) is 24.6. The van der Waals surface area contributed by atoms with Gasteiger partial charge in [-0.1, -0.05) is 0 Å². The number of aliphatic carboxylic acids is 1. The smallest absolute Gasteiger partial charge is 0.332 e. The SMILES string of the molecule is CC(C)(C)OC(=O)COC1CNC(C(=O)O)C1. The molecule has 1 fully saturated rings. The van der Waals surface area contributed by atoms with E-state index in [0.29, 0.717) is 13.0 Å². The summed E-state index contributed by atoms with van der Waals surface area (Å²) < 4.78 is 10.4. The fourth-order valence-electron chi connectivity index (χ4n) is 1.58. The summed E-state index contributed by atoms with van der Waals surface area (Å²) in [5.74, 6) is -1.33. The van der Waals surface area contributed by atoms with Gasteiger partial charge in [0, 0.05) is 13.0 Å². The molecule has 17 heavy (non-hydrogen) atoms. The molecule has 2 atom stereocenters. The zero-order chi connectivity index (χ0) is 13.1. The molecule has 6 heteroatoms. The van der Waals surface area contributed by atoms with Crippen LogP contribution in [0.25, 0.3) is 0 Å². The molecule has 2 N–H and O–H groups in total. The van der Waals surface area contributed by atoms with Gasteiger partial charge in [0.15, 0.2) is 0 Å². The van der Waals surface area contributed by atoms with E-state index < -0.39 is 23.6 Å². The van der Waals surface area contributed by atoms with Crippen molar-refractivity contribution in [1.29, 1.82) is 0 Å². The maximum absolute atomic E-state index is 11.3. The van der Waals surface area contributed by atoms with Crippen LogP contribution in [0, 0.1) is 0 Å². The quantitative estimate of drug-likeness (QED) is 0.686. The number of carboxylic acids is 1.